The Balaban J connectivity index is 2.13. The van der Waals surface area contributed by atoms with Crippen LogP contribution in [0.5, 0.6) is 0 Å². The molecule has 1 aromatic heterocycles. The first-order valence-corrected chi connectivity index (χ1v) is 11.8. The van der Waals surface area contributed by atoms with E-state index in [1.54, 1.807) is 0 Å². The van der Waals surface area contributed by atoms with Gasteiger partial charge in [0.15, 0.2) is 0 Å². The Labute approximate surface area is 136 Å². The van der Waals surface area contributed by atoms with E-state index in [1.165, 1.54) is 11.6 Å². The number of hydrogen-bond acceptors (Lipinski definition) is 3. The van der Waals surface area contributed by atoms with E-state index in [0.717, 1.165) is 28.5 Å². The predicted molar refractivity (Wildman–Crippen MR) is 94.3 cm³/mol. The first-order valence-electron chi connectivity index (χ1n) is 7.27. The van der Waals surface area contributed by atoms with Crippen molar-refractivity contribution in [3.8, 4) is 0 Å². The SMILES string of the molecule is CNCc1cc(Br)cc2cnn(COCC[Si](C)(C)C)c12. The summed E-state index contributed by atoms with van der Waals surface area (Å²) in [6.07, 6.45) is 1.90. The lowest BCUT2D eigenvalue weighted by atomic mass is 10.1. The molecule has 4 nitrogen and oxygen atoms in total. The Morgan fingerprint density at radius 2 is 2.10 bits per heavy atom. The van der Waals surface area contributed by atoms with Crippen LogP contribution in [0.4, 0.5) is 0 Å². The van der Waals surface area contributed by atoms with Crippen molar-refractivity contribution in [1.29, 1.82) is 0 Å². The van der Waals surface area contributed by atoms with Gasteiger partial charge in [-0.2, -0.15) is 5.10 Å². The van der Waals surface area contributed by atoms with Gasteiger partial charge in [0.25, 0.3) is 0 Å². The molecule has 1 heterocycles. The van der Waals surface area contributed by atoms with Gasteiger partial charge in [-0.25, -0.2) is 4.68 Å². The quantitative estimate of drug-likeness (QED) is 0.595. The van der Waals surface area contributed by atoms with Crippen LogP contribution in [0.2, 0.25) is 25.7 Å². The summed E-state index contributed by atoms with van der Waals surface area (Å²) < 4.78 is 8.87. The zero-order valence-electron chi connectivity index (χ0n) is 13.2. The molecular formula is C15H24BrN3OSi. The summed E-state index contributed by atoms with van der Waals surface area (Å²) in [5.74, 6) is 0. The molecule has 1 aromatic carbocycles. The van der Waals surface area contributed by atoms with Gasteiger partial charge in [-0.05, 0) is 30.8 Å². The molecule has 0 fully saturated rings. The van der Waals surface area contributed by atoms with Gasteiger partial charge in [-0.3, -0.25) is 0 Å². The van der Waals surface area contributed by atoms with Gasteiger partial charge in [-0.15, -0.1) is 0 Å². The van der Waals surface area contributed by atoms with Crippen LogP contribution in [-0.2, 0) is 18.0 Å². The highest BCUT2D eigenvalue weighted by molar-refractivity contribution is 9.10. The van der Waals surface area contributed by atoms with Crippen molar-refractivity contribution < 1.29 is 4.74 Å². The first-order chi connectivity index (χ1) is 9.90. The van der Waals surface area contributed by atoms with E-state index < -0.39 is 8.07 Å². The van der Waals surface area contributed by atoms with Gasteiger partial charge >= 0.3 is 0 Å². The lowest BCUT2D eigenvalue weighted by molar-refractivity contribution is 0.0816. The molecule has 0 amide bonds. The standard InChI is InChI=1S/C15H24BrN3OSi/c1-17-9-12-7-14(16)8-13-10-18-19(15(12)13)11-20-5-6-21(2,3)4/h7-8,10,17H,5-6,9,11H2,1-4H3. The fraction of sp³-hybridized carbons (Fsp3) is 0.533. The van der Waals surface area contributed by atoms with Crippen molar-refractivity contribution in [2.24, 2.45) is 0 Å². The monoisotopic (exact) mass is 369 g/mol. The van der Waals surface area contributed by atoms with Crippen LogP contribution >= 0.6 is 15.9 Å². The highest BCUT2D eigenvalue weighted by Gasteiger charge is 2.13. The third kappa shape index (κ3) is 4.64. The summed E-state index contributed by atoms with van der Waals surface area (Å²) in [4.78, 5) is 0. The molecule has 0 spiro atoms. The Morgan fingerprint density at radius 1 is 1.33 bits per heavy atom. The molecule has 2 aromatic rings. The van der Waals surface area contributed by atoms with E-state index in [9.17, 15) is 0 Å². The molecule has 0 unspecified atom stereocenters. The largest absolute Gasteiger partial charge is 0.360 e. The maximum Gasteiger partial charge on any atom is 0.140 e. The van der Waals surface area contributed by atoms with Crippen LogP contribution in [0.1, 0.15) is 5.56 Å². The van der Waals surface area contributed by atoms with E-state index in [1.807, 2.05) is 17.9 Å². The molecule has 6 heteroatoms. The summed E-state index contributed by atoms with van der Waals surface area (Å²) in [6, 6.07) is 5.42. The van der Waals surface area contributed by atoms with E-state index in [0.29, 0.717) is 6.73 Å². The lowest BCUT2D eigenvalue weighted by Crippen LogP contribution is -2.22. The average molecular weight is 370 g/mol. The van der Waals surface area contributed by atoms with Gasteiger partial charge in [0.1, 0.15) is 6.73 Å². The molecule has 0 bridgehead atoms. The minimum Gasteiger partial charge on any atom is -0.360 e. The number of nitrogens with zero attached hydrogens (tertiary/aromatic N) is 2. The van der Waals surface area contributed by atoms with Crippen molar-refractivity contribution in [1.82, 2.24) is 15.1 Å². The van der Waals surface area contributed by atoms with E-state index in [-0.39, 0.29) is 0 Å². The number of benzene rings is 1. The van der Waals surface area contributed by atoms with Crippen LogP contribution in [0.15, 0.2) is 22.8 Å². The Morgan fingerprint density at radius 3 is 2.76 bits per heavy atom. The van der Waals surface area contributed by atoms with Gasteiger partial charge in [0.05, 0.1) is 11.7 Å². The average Bonchev–Trinajstić information content (AvgIpc) is 2.77. The number of rotatable bonds is 7. The van der Waals surface area contributed by atoms with Crippen LogP contribution in [0, 0.1) is 0 Å². The fourth-order valence-electron chi connectivity index (χ4n) is 2.23. The number of hydrogen-bond donors (Lipinski definition) is 1. The molecule has 2 rings (SSSR count). The highest BCUT2D eigenvalue weighted by Crippen LogP contribution is 2.24. The second kappa shape index (κ2) is 7.04. The van der Waals surface area contributed by atoms with Crippen molar-refractivity contribution in [2.75, 3.05) is 13.7 Å². The van der Waals surface area contributed by atoms with Gasteiger partial charge < -0.3 is 10.1 Å². The molecule has 0 aliphatic rings. The number of halogens is 1. The Kier molecular flexibility index (Phi) is 5.59. The molecular weight excluding hydrogens is 346 g/mol. The molecule has 21 heavy (non-hydrogen) atoms. The minimum atomic E-state index is -1.03. The van der Waals surface area contributed by atoms with E-state index in [2.05, 4.69) is 58.1 Å². The topological polar surface area (TPSA) is 39.1 Å². The molecule has 1 N–H and O–H groups in total. The predicted octanol–water partition coefficient (Wildman–Crippen LogP) is 3.83. The number of aromatic nitrogens is 2. The fourth-order valence-corrected chi connectivity index (χ4v) is 3.51. The van der Waals surface area contributed by atoms with Gasteiger partial charge in [0, 0.05) is 31.1 Å². The van der Waals surface area contributed by atoms with Crippen LogP contribution < -0.4 is 5.32 Å². The molecule has 0 atom stereocenters. The van der Waals surface area contributed by atoms with Crippen molar-refractivity contribution in [2.45, 2.75) is 39.0 Å². The Hall–Kier alpha value is -0.693. The van der Waals surface area contributed by atoms with Crippen LogP contribution in [0.3, 0.4) is 0 Å². The maximum absolute atomic E-state index is 5.83. The second-order valence-corrected chi connectivity index (χ2v) is 13.1. The smallest absolute Gasteiger partial charge is 0.140 e. The Bertz CT molecular complexity index is 607. The van der Waals surface area contributed by atoms with Crippen molar-refractivity contribution >= 4 is 34.9 Å². The highest BCUT2D eigenvalue weighted by atomic mass is 79.9. The zero-order chi connectivity index (χ0) is 15.5. The molecule has 0 radical (unpaired) electrons. The van der Waals surface area contributed by atoms with Crippen LogP contribution in [0.25, 0.3) is 10.9 Å². The maximum atomic E-state index is 5.83. The third-order valence-electron chi connectivity index (χ3n) is 3.35. The van der Waals surface area contributed by atoms with Gasteiger partial charge in [0.2, 0.25) is 0 Å². The normalized spacial score (nSPS) is 12.2. The molecule has 0 aliphatic heterocycles. The summed E-state index contributed by atoms with van der Waals surface area (Å²) in [5.41, 5.74) is 2.38. The van der Waals surface area contributed by atoms with E-state index >= 15 is 0 Å². The number of nitrogens with one attached hydrogen (secondary N) is 1. The first kappa shape index (κ1) is 16.7. The lowest BCUT2D eigenvalue weighted by Gasteiger charge is -2.15. The number of ether oxygens (including phenoxy) is 1. The summed E-state index contributed by atoms with van der Waals surface area (Å²) in [6.45, 7) is 9.24. The minimum absolute atomic E-state index is 0.520. The second-order valence-electron chi connectivity index (χ2n) is 6.53. The van der Waals surface area contributed by atoms with Gasteiger partial charge in [-0.1, -0.05) is 35.6 Å². The summed E-state index contributed by atoms with van der Waals surface area (Å²) in [7, 11) is 0.921. The van der Waals surface area contributed by atoms with Crippen LogP contribution in [-0.4, -0.2) is 31.5 Å². The van der Waals surface area contributed by atoms with Crippen molar-refractivity contribution in [3.63, 3.8) is 0 Å². The van der Waals surface area contributed by atoms with E-state index in [4.69, 9.17) is 4.74 Å². The molecule has 0 saturated carbocycles. The summed E-state index contributed by atoms with van der Waals surface area (Å²) in [5, 5.41) is 8.82. The molecule has 116 valence electrons. The summed E-state index contributed by atoms with van der Waals surface area (Å²) >= 11 is 3.56. The van der Waals surface area contributed by atoms with Crippen molar-refractivity contribution in [3.05, 3.63) is 28.4 Å². The molecule has 0 saturated heterocycles. The third-order valence-corrected chi connectivity index (χ3v) is 5.52. The molecule has 0 aliphatic carbocycles. The number of fused-ring (bicyclic) bond motifs is 1. The zero-order valence-corrected chi connectivity index (χ0v) is 15.8.